The van der Waals surface area contributed by atoms with Gasteiger partial charge < -0.3 is 10.2 Å². The smallest absolute Gasteiger partial charge is 0.255 e. The second-order valence-corrected chi connectivity index (χ2v) is 9.05. The van der Waals surface area contributed by atoms with Crippen molar-refractivity contribution < 1.29 is 18.0 Å². The standard InChI is InChI=1S/C21H25N3O4S/c1-15-14-18(9-10-19(15)24-13-3-4-20(24)25)23-21(26)17-7-5-16(6-8-17)11-12-22-29(2,27)28/h5-10,14,22H,3-4,11-13H2,1-2H3,(H,23,26). The lowest BCUT2D eigenvalue weighted by Gasteiger charge is -2.19. The Kier molecular flexibility index (Phi) is 6.34. The summed E-state index contributed by atoms with van der Waals surface area (Å²) in [5, 5.41) is 2.88. The first-order valence-electron chi connectivity index (χ1n) is 9.49. The fourth-order valence-electron chi connectivity index (χ4n) is 3.35. The first-order valence-corrected chi connectivity index (χ1v) is 11.4. The molecule has 7 nitrogen and oxygen atoms in total. The molecule has 0 atom stereocenters. The largest absolute Gasteiger partial charge is 0.322 e. The Morgan fingerprint density at radius 3 is 2.45 bits per heavy atom. The molecule has 2 amide bonds. The molecule has 1 fully saturated rings. The third kappa shape index (κ3) is 5.65. The van der Waals surface area contributed by atoms with E-state index in [1.54, 1.807) is 23.1 Å². The Morgan fingerprint density at radius 2 is 1.86 bits per heavy atom. The SMILES string of the molecule is Cc1cc(NC(=O)c2ccc(CCNS(C)(=O)=O)cc2)ccc1N1CCCC1=O. The third-order valence-electron chi connectivity index (χ3n) is 4.81. The molecule has 2 N–H and O–H groups in total. The lowest BCUT2D eigenvalue weighted by atomic mass is 10.1. The second kappa shape index (κ2) is 8.75. The van der Waals surface area contributed by atoms with Gasteiger partial charge in [0.15, 0.2) is 0 Å². The number of carbonyl (C=O) groups is 2. The van der Waals surface area contributed by atoms with Crippen molar-refractivity contribution in [2.24, 2.45) is 0 Å². The van der Waals surface area contributed by atoms with Gasteiger partial charge in [0.2, 0.25) is 15.9 Å². The molecule has 1 aliphatic heterocycles. The number of nitrogens with one attached hydrogen (secondary N) is 2. The first-order chi connectivity index (χ1) is 13.7. The van der Waals surface area contributed by atoms with Crippen LogP contribution in [0.3, 0.4) is 0 Å². The summed E-state index contributed by atoms with van der Waals surface area (Å²) in [6, 6.07) is 12.6. The maximum absolute atomic E-state index is 12.5. The summed E-state index contributed by atoms with van der Waals surface area (Å²) in [6.07, 6.45) is 3.12. The van der Waals surface area contributed by atoms with E-state index in [9.17, 15) is 18.0 Å². The van der Waals surface area contributed by atoms with Crippen LogP contribution in [-0.4, -0.2) is 39.6 Å². The number of rotatable bonds is 7. The number of aryl methyl sites for hydroxylation is 1. The Morgan fingerprint density at radius 1 is 1.14 bits per heavy atom. The van der Waals surface area contributed by atoms with E-state index in [-0.39, 0.29) is 11.8 Å². The van der Waals surface area contributed by atoms with Gasteiger partial charge in [-0.1, -0.05) is 12.1 Å². The van der Waals surface area contributed by atoms with Gasteiger partial charge in [0.25, 0.3) is 5.91 Å². The molecule has 0 bridgehead atoms. The second-order valence-electron chi connectivity index (χ2n) is 7.22. The fraction of sp³-hybridized carbons (Fsp3) is 0.333. The lowest BCUT2D eigenvalue weighted by molar-refractivity contribution is -0.117. The molecule has 2 aromatic carbocycles. The zero-order valence-electron chi connectivity index (χ0n) is 16.6. The van der Waals surface area contributed by atoms with Crippen LogP contribution in [0.5, 0.6) is 0 Å². The van der Waals surface area contributed by atoms with Gasteiger partial charge in [-0.25, -0.2) is 13.1 Å². The molecule has 0 unspecified atom stereocenters. The average molecular weight is 416 g/mol. The van der Waals surface area contributed by atoms with Gasteiger partial charge in [-0.05, 0) is 61.2 Å². The summed E-state index contributed by atoms with van der Waals surface area (Å²) in [7, 11) is -3.20. The Hall–Kier alpha value is -2.71. The highest BCUT2D eigenvalue weighted by atomic mass is 32.2. The maximum atomic E-state index is 12.5. The molecule has 1 saturated heterocycles. The van der Waals surface area contributed by atoms with Gasteiger partial charge in [-0.3, -0.25) is 9.59 Å². The van der Waals surface area contributed by atoms with E-state index in [0.29, 0.717) is 30.6 Å². The minimum absolute atomic E-state index is 0.136. The third-order valence-corrected chi connectivity index (χ3v) is 5.54. The van der Waals surface area contributed by atoms with Crippen molar-refractivity contribution in [3.63, 3.8) is 0 Å². The van der Waals surface area contributed by atoms with E-state index in [1.165, 1.54) is 0 Å². The summed E-state index contributed by atoms with van der Waals surface area (Å²) in [5.41, 5.74) is 3.95. The number of sulfonamides is 1. The highest BCUT2D eigenvalue weighted by molar-refractivity contribution is 7.88. The number of anilines is 2. The van der Waals surface area contributed by atoms with E-state index in [0.717, 1.165) is 36.0 Å². The minimum Gasteiger partial charge on any atom is -0.322 e. The van der Waals surface area contributed by atoms with Crippen molar-refractivity contribution in [3.8, 4) is 0 Å². The Bertz CT molecular complexity index is 1020. The lowest BCUT2D eigenvalue weighted by Crippen LogP contribution is -2.24. The molecule has 3 rings (SSSR count). The first kappa shape index (κ1) is 21.0. The van der Waals surface area contributed by atoms with E-state index >= 15 is 0 Å². The fourth-order valence-corrected chi connectivity index (χ4v) is 3.82. The van der Waals surface area contributed by atoms with Crippen molar-refractivity contribution in [1.29, 1.82) is 0 Å². The number of hydrogen-bond donors (Lipinski definition) is 2. The van der Waals surface area contributed by atoms with Gasteiger partial charge >= 0.3 is 0 Å². The van der Waals surface area contributed by atoms with Crippen LogP contribution >= 0.6 is 0 Å². The molecule has 1 heterocycles. The van der Waals surface area contributed by atoms with Crippen LogP contribution in [0.1, 0.15) is 34.3 Å². The molecule has 0 spiro atoms. The zero-order valence-corrected chi connectivity index (χ0v) is 17.4. The summed E-state index contributed by atoms with van der Waals surface area (Å²) < 4.78 is 24.6. The van der Waals surface area contributed by atoms with Crippen LogP contribution in [-0.2, 0) is 21.2 Å². The van der Waals surface area contributed by atoms with Crippen molar-refractivity contribution >= 4 is 33.2 Å². The topological polar surface area (TPSA) is 95.6 Å². The summed E-state index contributed by atoms with van der Waals surface area (Å²) in [4.78, 5) is 26.2. The number of hydrogen-bond acceptors (Lipinski definition) is 4. The van der Waals surface area contributed by atoms with Crippen molar-refractivity contribution in [2.75, 3.05) is 29.6 Å². The van der Waals surface area contributed by atoms with Crippen molar-refractivity contribution in [3.05, 3.63) is 59.2 Å². The monoisotopic (exact) mass is 415 g/mol. The minimum atomic E-state index is -3.20. The maximum Gasteiger partial charge on any atom is 0.255 e. The molecule has 8 heteroatoms. The molecular formula is C21H25N3O4S. The average Bonchev–Trinajstić information content (AvgIpc) is 3.07. The number of benzene rings is 2. The van der Waals surface area contributed by atoms with Crippen LogP contribution in [0, 0.1) is 6.92 Å². The predicted molar refractivity (Wildman–Crippen MR) is 114 cm³/mol. The van der Waals surface area contributed by atoms with Gasteiger partial charge in [-0.2, -0.15) is 0 Å². The van der Waals surface area contributed by atoms with Gasteiger partial charge in [0.1, 0.15) is 0 Å². The quantitative estimate of drug-likeness (QED) is 0.726. The highest BCUT2D eigenvalue weighted by Gasteiger charge is 2.23. The molecule has 2 aromatic rings. The van der Waals surface area contributed by atoms with Crippen LogP contribution in [0.25, 0.3) is 0 Å². The summed E-state index contributed by atoms with van der Waals surface area (Å²) in [6.45, 7) is 2.98. The van der Waals surface area contributed by atoms with Crippen molar-refractivity contribution in [2.45, 2.75) is 26.2 Å². The number of nitrogens with zero attached hydrogens (tertiary/aromatic N) is 1. The molecule has 0 aliphatic carbocycles. The highest BCUT2D eigenvalue weighted by Crippen LogP contribution is 2.27. The van der Waals surface area contributed by atoms with E-state index in [1.807, 2.05) is 31.2 Å². The Labute approximate surface area is 171 Å². The molecule has 1 aliphatic rings. The van der Waals surface area contributed by atoms with Crippen LogP contribution in [0.2, 0.25) is 0 Å². The van der Waals surface area contributed by atoms with E-state index in [4.69, 9.17) is 0 Å². The van der Waals surface area contributed by atoms with E-state index in [2.05, 4.69) is 10.0 Å². The Balaban J connectivity index is 1.61. The zero-order chi connectivity index (χ0) is 21.0. The molecule has 0 aromatic heterocycles. The van der Waals surface area contributed by atoms with Gasteiger partial charge in [0, 0.05) is 36.4 Å². The molecule has 0 radical (unpaired) electrons. The van der Waals surface area contributed by atoms with E-state index < -0.39 is 10.0 Å². The molecule has 154 valence electrons. The molecular weight excluding hydrogens is 390 g/mol. The van der Waals surface area contributed by atoms with Crippen LogP contribution in [0.4, 0.5) is 11.4 Å². The normalized spacial score (nSPS) is 14.3. The van der Waals surface area contributed by atoms with Gasteiger partial charge in [-0.15, -0.1) is 0 Å². The predicted octanol–water partition coefficient (Wildman–Crippen LogP) is 2.47. The number of amides is 2. The molecule has 0 saturated carbocycles. The van der Waals surface area contributed by atoms with Gasteiger partial charge in [0.05, 0.1) is 6.26 Å². The van der Waals surface area contributed by atoms with Crippen LogP contribution in [0.15, 0.2) is 42.5 Å². The van der Waals surface area contributed by atoms with Crippen molar-refractivity contribution in [1.82, 2.24) is 4.72 Å². The summed E-state index contributed by atoms with van der Waals surface area (Å²) in [5.74, 6) is -0.0908. The summed E-state index contributed by atoms with van der Waals surface area (Å²) >= 11 is 0. The molecule has 29 heavy (non-hydrogen) atoms. The van der Waals surface area contributed by atoms with Crippen LogP contribution < -0.4 is 14.9 Å². The number of carbonyl (C=O) groups excluding carboxylic acids is 2.